The van der Waals surface area contributed by atoms with Crippen LogP contribution in [0.1, 0.15) is 0 Å². The van der Waals surface area contributed by atoms with Gasteiger partial charge >= 0.3 is 0 Å². The van der Waals surface area contributed by atoms with E-state index in [2.05, 4.69) is 181 Å². The molecule has 1 nitrogen and oxygen atoms in total. The zero-order valence-electron chi connectivity index (χ0n) is 23.7. The molecule has 0 atom stereocenters. The van der Waals surface area contributed by atoms with Crippen LogP contribution >= 0.6 is 0 Å². The number of benzene rings is 8. The van der Waals surface area contributed by atoms with Crippen molar-refractivity contribution in [2.24, 2.45) is 0 Å². The van der Waals surface area contributed by atoms with Crippen LogP contribution in [0.15, 0.2) is 176 Å². The average molecular weight is 548 g/mol. The van der Waals surface area contributed by atoms with Crippen LogP contribution in [0.5, 0.6) is 0 Å². The molecule has 0 aliphatic heterocycles. The lowest BCUT2D eigenvalue weighted by Gasteiger charge is -2.30. The van der Waals surface area contributed by atoms with E-state index in [1.807, 2.05) is 0 Å². The van der Waals surface area contributed by atoms with Crippen LogP contribution in [0.2, 0.25) is 0 Å². The van der Waals surface area contributed by atoms with Gasteiger partial charge in [0, 0.05) is 16.8 Å². The molecule has 0 aliphatic rings. The Morgan fingerprint density at radius 3 is 1.40 bits per heavy atom. The maximum atomic E-state index is 2.43. The molecule has 0 saturated heterocycles. The fraction of sp³-hybridized carbons (Fsp3) is 0. The van der Waals surface area contributed by atoms with Gasteiger partial charge in [0.1, 0.15) is 0 Å². The summed E-state index contributed by atoms with van der Waals surface area (Å²) in [5.74, 6) is 0. The lowest BCUT2D eigenvalue weighted by atomic mass is 9.95. The van der Waals surface area contributed by atoms with Gasteiger partial charge in [-0.2, -0.15) is 0 Å². The van der Waals surface area contributed by atoms with Gasteiger partial charge < -0.3 is 4.90 Å². The largest absolute Gasteiger partial charge is 0.309 e. The molecule has 0 radical (unpaired) electrons. The second-order valence-electron chi connectivity index (χ2n) is 11.0. The monoisotopic (exact) mass is 547 g/mol. The predicted molar refractivity (Wildman–Crippen MR) is 185 cm³/mol. The Bertz CT molecular complexity index is 2150. The summed E-state index contributed by atoms with van der Waals surface area (Å²) in [6, 6.07) is 63.5. The number of anilines is 3. The van der Waals surface area contributed by atoms with Crippen molar-refractivity contribution in [3.05, 3.63) is 176 Å². The first kappa shape index (κ1) is 25.1. The number of hydrogen-bond acceptors (Lipinski definition) is 1. The van der Waals surface area contributed by atoms with E-state index >= 15 is 0 Å². The zero-order valence-corrected chi connectivity index (χ0v) is 23.7. The number of fused-ring (bicyclic) bond motifs is 5. The summed E-state index contributed by atoms with van der Waals surface area (Å²) in [6.07, 6.45) is 0. The van der Waals surface area contributed by atoms with Gasteiger partial charge in [-0.1, -0.05) is 152 Å². The van der Waals surface area contributed by atoms with Gasteiger partial charge in [-0.15, -0.1) is 0 Å². The van der Waals surface area contributed by atoms with Crippen molar-refractivity contribution in [3.63, 3.8) is 0 Å². The molecule has 0 bridgehead atoms. The molecule has 0 aliphatic carbocycles. The van der Waals surface area contributed by atoms with Gasteiger partial charge in [-0.05, 0) is 67.7 Å². The minimum absolute atomic E-state index is 1.12. The predicted octanol–water partition coefficient (Wildman–Crippen LogP) is 11.9. The van der Waals surface area contributed by atoms with Gasteiger partial charge in [0.2, 0.25) is 0 Å². The smallest absolute Gasteiger partial charge is 0.0540 e. The molecular formula is C42H29N. The second kappa shape index (κ2) is 10.6. The van der Waals surface area contributed by atoms with E-state index in [9.17, 15) is 0 Å². The minimum Gasteiger partial charge on any atom is -0.309 e. The average Bonchev–Trinajstić information content (AvgIpc) is 3.09. The third-order valence-electron chi connectivity index (χ3n) is 8.44. The van der Waals surface area contributed by atoms with Crippen LogP contribution in [-0.2, 0) is 0 Å². The van der Waals surface area contributed by atoms with Crippen molar-refractivity contribution >= 4 is 49.4 Å². The van der Waals surface area contributed by atoms with Crippen molar-refractivity contribution in [3.8, 4) is 22.3 Å². The molecule has 8 rings (SSSR count). The fourth-order valence-corrected chi connectivity index (χ4v) is 6.41. The molecule has 0 N–H and O–H groups in total. The molecule has 0 amide bonds. The standard InChI is InChI=1S/C42H29N/c1-3-13-30(14-4-1)36-19-9-11-21-41(36)43(42-22-12-10-20-37(42)31-15-5-2-6-16-31)34-26-23-33-25-27-38-35-18-8-7-17-32(35)24-28-39(38)40(33)29-34/h1-29H. The Morgan fingerprint density at radius 2 is 0.767 bits per heavy atom. The highest BCUT2D eigenvalue weighted by Crippen LogP contribution is 2.45. The minimum atomic E-state index is 1.12. The summed E-state index contributed by atoms with van der Waals surface area (Å²) in [7, 11) is 0. The second-order valence-corrected chi connectivity index (χ2v) is 11.0. The van der Waals surface area contributed by atoms with Crippen molar-refractivity contribution < 1.29 is 0 Å². The van der Waals surface area contributed by atoms with Crippen molar-refractivity contribution in [2.75, 3.05) is 4.90 Å². The lowest BCUT2D eigenvalue weighted by molar-refractivity contribution is 1.29. The van der Waals surface area contributed by atoms with Crippen LogP contribution in [0.25, 0.3) is 54.6 Å². The van der Waals surface area contributed by atoms with Crippen LogP contribution < -0.4 is 4.90 Å². The van der Waals surface area contributed by atoms with E-state index in [1.54, 1.807) is 0 Å². The highest BCUT2D eigenvalue weighted by Gasteiger charge is 2.20. The van der Waals surface area contributed by atoms with E-state index in [-0.39, 0.29) is 0 Å². The Labute approximate surface area is 251 Å². The van der Waals surface area contributed by atoms with E-state index in [1.165, 1.54) is 54.6 Å². The molecular weight excluding hydrogens is 518 g/mol. The molecule has 1 heteroatoms. The van der Waals surface area contributed by atoms with E-state index in [0.717, 1.165) is 17.1 Å². The molecule has 43 heavy (non-hydrogen) atoms. The lowest BCUT2D eigenvalue weighted by Crippen LogP contribution is -2.12. The first-order valence-corrected chi connectivity index (χ1v) is 14.8. The van der Waals surface area contributed by atoms with E-state index in [4.69, 9.17) is 0 Å². The molecule has 0 spiro atoms. The highest BCUT2D eigenvalue weighted by molar-refractivity contribution is 6.18. The molecule has 0 fully saturated rings. The third kappa shape index (κ3) is 4.43. The van der Waals surface area contributed by atoms with Crippen LogP contribution in [0.4, 0.5) is 17.1 Å². The van der Waals surface area contributed by atoms with Crippen molar-refractivity contribution in [2.45, 2.75) is 0 Å². The summed E-state index contributed by atoms with van der Waals surface area (Å²) in [6.45, 7) is 0. The van der Waals surface area contributed by atoms with Crippen LogP contribution in [0.3, 0.4) is 0 Å². The number of para-hydroxylation sites is 2. The van der Waals surface area contributed by atoms with E-state index in [0.29, 0.717) is 0 Å². The Morgan fingerprint density at radius 1 is 0.302 bits per heavy atom. The summed E-state index contributed by atoms with van der Waals surface area (Å²) in [5, 5.41) is 7.59. The van der Waals surface area contributed by atoms with Gasteiger partial charge in [0.25, 0.3) is 0 Å². The van der Waals surface area contributed by atoms with Crippen molar-refractivity contribution in [1.82, 2.24) is 0 Å². The molecule has 0 aromatic heterocycles. The van der Waals surface area contributed by atoms with Crippen LogP contribution in [0, 0.1) is 0 Å². The summed E-state index contributed by atoms with van der Waals surface area (Å²) < 4.78 is 0. The van der Waals surface area contributed by atoms with Crippen molar-refractivity contribution in [1.29, 1.82) is 0 Å². The van der Waals surface area contributed by atoms with Gasteiger partial charge in [-0.25, -0.2) is 0 Å². The van der Waals surface area contributed by atoms with Gasteiger partial charge in [-0.3, -0.25) is 0 Å². The Balaban J connectivity index is 1.42. The molecule has 8 aromatic carbocycles. The quantitative estimate of drug-likeness (QED) is 0.194. The molecule has 0 unspecified atom stereocenters. The Kier molecular flexibility index (Phi) is 6.20. The normalized spacial score (nSPS) is 11.3. The SMILES string of the molecule is c1ccc(-c2ccccc2N(c2ccc3ccc4c5ccccc5ccc4c3c2)c2ccccc2-c2ccccc2)cc1. The molecule has 0 saturated carbocycles. The topological polar surface area (TPSA) is 3.24 Å². The first-order chi connectivity index (χ1) is 21.3. The van der Waals surface area contributed by atoms with Crippen LogP contribution in [-0.4, -0.2) is 0 Å². The highest BCUT2D eigenvalue weighted by atomic mass is 15.1. The van der Waals surface area contributed by atoms with Gasteiger partial charge in [0.15, 0.2) is 0 Å². The summed E-state index contributed by atoms with van der Waals surface area (Å²) >= 11 is 0. The molecule has 8 aromatic rings. The number of hydrogen-bond donors (Lipinski definition) is 0. The maximum Gasteiger partial charge on any atom is 0.0540 e. The third-order valence-corrected chi connectivity index (χ3v) is 8.44. The van der Waals surface area contributed by atoms with Gasteiger partial charge in [0.05, 0.1) is 11.4 Å². The maximum absolute atomic E-state index is 2.43. The number of nitrogens with zero attached hydrogens (tertiary/aromatic N) is 1. The molecule has 202 valence electrons. The summed E-state index contributed by atoms with van der Waals surface area (Å²) in [5.41, 5.74) is 8.17. The number of rotatable bonds is 5. The molecule has 0 heterocycles. The van der Waals surface area contributed by atoms with E-state index < -0.39 is 0 Å². The summed E-state index contributed by atoms with van der Waals surface area (Å²) in [4.78, 5) is 2.43. The first-order valence-electron chi connectivity index (χ1n) is 14.8. The Hall–Kier alpha value is -5.66. The fourth-order valence-electron chi connectivity index (χ4n) is 6.41. The zero-order chi connectivity index (χ0) is 28.6.